The zero-order valence-corrected chi connectivity index (χ0v) is 24.7. The molecule has 0 saturated carbocycles. The quantitative estimate of drug-likeness (QED) is 0.199. The van der Waals surface area contributed by atoms with Gasteiger partial charge in [0.2, 0.25) is 5.91 Å². The van der Waals surface area contributed by atoms with Gasteiger partial charge >= 0.3 is 12.0 Å². The van der Waals surface area contributed by atoms with Gasteiger partial charge in [-0.05, 0) is 72.9 Å². The normalized spacial score (nSPS) is 12.3. The lowest BCUT2D eigenvalue weighted by molar-refractivity contribution is -0.114. The Morgan fingerprint density at radius 1 is 1.00 bits per heavy atom. The van der Waals surface area contributed by atoms with Crippen LogP contribution in [0.4, 0.5) is 21.3 Å². The molecular weight excluding hydrogens is 576 g/mol. The summed E-state index contributed by atoms with van der Waals surface area (Å²) in [5, 5.41) is 25.9. The molecule has 2 aromatic heterocycles. The van der Waals surface area contributed by atoms with Gasteiger partial charge in [0, 0.05) is 30.3 Å². The molecule has 0 bridgehead atoms. The minimum atomic E-state index is -1.22. The molecule has 3 amide bonds. The summed E-state index contributed by atoms with van der Waals surface area (Å²) in [6.45, 7) is 3.66. The number of thiazole rings is 1. The Balaban J connectivity index is 1.35. The summed E-state index contributed by atoms with van der Waals surface area (Å²) >= 11 is 1.41. The second-order valence-corrected chi connectivity index (χ2v) is 11.5. The number of aromatic nitrogens is 2. The highest BCUT2D eigenvalue weighted by molar-refractivity contribution is 7.22. The first kappa shape index (κ1) is 28.5. The first-order valence-corrected chi connectivity index (χ1v) is 14.7. The van der Waals surface area contributed by atoms with E-state index in [2.05, 4.69) is 26.7 Å². The Morgan fingerprint density at radius 2 is 1.80 bits per heavy atom. The molecule has 1 aliphatic rings. The fourth-order valence-electron chi connectivity index (χ4n) is 5.46. The Morgan fingerprint density at radius 3 is 2.55 bits per heavy atom. The lowest BCUT2D eigenvalue weighted by Gasteiger charge is -2.29. The van der Waals surface area contributed by atoms with Gasteiger partial charge in [0.15, 0.2) is 10.8 Å². The molecule has 5 aromatic rings. The summed E-state index contributed by atoms with van der Waals surface area (Å²) in [4.78, 5) is 48.2. The Kier molecular flexibility index (Phi) is 7.51. The number of carboxylic acid groups (broad SMARTS) is 1. The van der Waals surface area contributed by atoms with Crippen LogP contribution in [0.5, 0.6) is 0 Å². The smallest absolute Gasteiger partial charge is 0.355 e. The van der Waals surface area contributed by atoms with Crippen LogP contribution in [0.15, 0.2) is 66.7 Å². The highest BCUT2D eigenvalue weighted by Gasteiger charge is 2.25. The van der Waals surface area contributed by atoms with Crippen LogP contribution >= 0.6 is 11.3 Å². The van der Waals surface area contributed by atoms with Gasteiger partial charge in [-0.1, -0.05) is 41.7 Å². The van der Waals surface area contributed by atoms with Gasteiger partial charge in [-0.15, -0.1) is 0 Å². The van der Waals surface area contributed by atoms with Gasteiger partial charge < -0.3 is 10.4 Å². The van der Waals surface area contributed by atoms with Crippen molar-refractivity contribution in [3.8, 4) is 28.5 Å². The number of carboxylic acids is 1. The second kappa shape index (κ2) is 11.6. The van der Waals surface area contributed by atoms with Gasteiger partial charge in [-0.25, -0.2) is 19.6 Å². The molecule has 6 rings (SSSR count). The second-order valence-electron chi connectivity index (χ2n) is 10.4. The van der Waals surface area contributed by atoms with Crippen molar-refractivity contribution in [1.29, 1.82) is 5.26 Å². The predicted octanol–water partition coefficient (Wildman–Crippen LogP) is 6.85. The third-order valence-electron chi connectivity index (χ3n) is 7.41. The number of carbonyl (C=O) groups excluding carboxylic acids is 2. The maximum absolute atomic E-state index is 13.4. The van der Waals surface area contributed by atoms with E-state index in [1.54, 1.807) is 36.1 Å². The van der Waals surface area contributed by atoms with Crippen LogP contribution in [0, 0.1) is 18.3 Å². The first-order valence-electron chi connectivity index (χ1n) is 13.9. The van der Waals surface area contributed by atoms with Crippen molar-refractivity contribution in [2.45, 2.75) is 26.7 Å². The number of urea groups is 1. The topological polar surface area (TPSA) is 148 Å². The van der Waals surface area contributed by atoms with Gasteiger partial charge in [0.1, 0.15) is 6.07 Å². The summed E-state index contributed by atoms with van der Waals surface area (Å²) in [5.41, 5.74) is 5.57. The number of nitrogens with one attached hydrogen (secondary N) is 2. The summed E-state index contributed by atoms with van der Waals surface area (Å²) in [5.74, 6) is -1.54. The number of nitriles is 1. The van der Waals surface area contributed by atoms with Crippen LogP contribution in [-0.2, 0) is 11.2 Å². The number of fused-ring (bicyclic) bond motifs is 2. The molecule has 10 nitrogen and oxygen atoms in total. The number of pyridine rings is 1. The lowest BCUT2D eigenvalue weighted by Crippen LogP contribution is -2.38. The lowest BCUT2D eigenvalue weighted by atomic mass is 9.94. The van der Waals surface area contributed by atoms with Crippen molar-refractivity contribution in [3.05, 3.63) is 89.1 Å². The van der Waals surface area contributed by atoms with Gasteiger partial charge in [0.25, 0.3) is 0 Å². The third-order valence-corrected chi connectivity index (χ3v) is 8.36. The average Bonchev–Trinajstić information content (AvgIpc) is 3.42. The zero-order chi connectivity index (χ0) is 31.0. The molecule has 0 aliphatic carbocycles. The number of para-hydroxylation sites is 1. The molecule has 0 radical (unpaired) electrons. The molecule has 3 aromatic carbocycles. The van der Waals surface area contributed by atoms with Crippen molar-refractivity contribution in [1.82, 2.24) is 9.97 Å². The molecular formula is C33H26N6O4S. The maximum atomic E-state index is 13.4. The number of aromatic carboxylic acids is 1. The van der Waals surface area contributed by atoms with Crippen molar-refractivity contribution < 1.29 is 19.5 Å². The Bertz CT molecular complexity index is 2000. The molecule has 0 unspecified atom stereocenters. The number of hydrogen-bond acceptors (Lipinski definition) is 7. The SMILES string of the molecule is CC(=O)Nc1ccc(-c2c(C)cc(-c3ccc4c(c3)N(C(=O)Nc3nc5ccccc5s3)CCC4)nc2C(=O)O)cc1C#N. The minimum Gasteiger partial charge on any atom is -0.476 e. The van der Waals surface area contributed by atoms with E-state index >= 15 is 0 Å². The molecule has 0 saturated heterocycles. The Hall–Kier alpha value is -5.60. The highest BCUT2D eigenvalue weighted by Crippen LogP contribution is 2.36. The molecule has 3 heterocycles. The maximum Gasteiger partial charge on any atom is 0.355 e. The van der Waals surface area contributed by atoms with E-state index in [4.69, 9.17) is 0 Å². The van der Waals surface area contributed by atoms with Crippen molar-refractivity contribution >= 4 is 56.0 Å². The average molecular weight is 603 g/mol. The van der Waals surface area contributed by atoms with Crippen LogP contribution in [-0.4, -0.2) is 39.5 Å². The van der Waals surface area contributed by atoms with Gasteiger partial charge in [0.05, 0.1) is 27.2 Å². The third kappa shape index (κ3) is 5.46. The largest absolute Gasteiger partial charge is 0.476 e. The molecule has 1 aliphatic heterocycles. The van der Waals surface area contributed by atoms with Crippen LogP contribution in [0.1, 0.15) is 40.5 Å². The van der Waals surface area contributed by atoms with E-state index in [-0.39, 0.29) is 23.2 Å². The van der Waals surface area contributed by atoms with Crippen LogP contribution in [0.2, 0.25) is 0 Å². The van der Waals surface area contributed by atoms with E-state index in [9.17, 15) is 24.8 Å². The summed E-state index contributed by atoms with van der Waals surface area (Å²) in [6, 6.07) is 21.7. The molecule has 44 heavy (non-hydrogen) atoms. The van der Waals surface area contributed by atoms with Gasteiger partial charge in [-0.3, -0.25) is 15.0 Å². The number of hydrogen-bond donors (Lipinski definition) is 3. The fourth-order valence-corrected chi connectivity index (χ4v) is 6.32. The van der Waals surface area contributed by atoms with Crippen molar-refractivity contribution in [2.24, 2.45) is 0 Å². The van der Waals surface area contributed by atoms with Gasteiger partial charge in [-0.2, -0.15) is 5.26 Å². The zero-order valence-electron chi connectivity index (χ0n) is 23.8. The minimum absolute atomic E-state index is 0.167. The first-order chi connectivity index (χ1) is 21.2. The molecule has 0 spiro atoms. The summed E-state index contributed by atoms with van der Waals surface area (Å²) < 4.78 is 0.982. The van der Waals surface area contributed by atoms with E-state index in [0.29, 0.717) is 45.3 Å². The van der Waals surface area contributed by atoms with E-state index in [1.807, 2.05) is 42.5 Å². The number of anilines is 3. The van der Waals surface area contributed by atoms with Crippen molar-refractivity contribution in [2.75, 3.05) is 22.1 Å². The molecule has 0 atom stereocenters. The number of nitrogens with zero attached hydrogens (tertiary/aromatic N) is 4. The monoisotopic (exact) mass is 602 g/mol. The van der Waals surface area contributed by atoms with Crippen LogP contribution < -0.4 is 15.5 Å². The number of carbonyl (C=O) groups is 3. The summed E-state index contributed by atoms with van der Waals surface area (Å²) in [7, 11) is 0. The number of amides is 3. The van der Waals surface area contributed by atoms with E-state index < -0.39 is 5.97 Å². The van der Waals surface area contributed by atoms with Crippen LogP contribution in [0.25, 0.3) is 32.6 Å². The molecule has 218 valence electrons. The van der Waals surface area contributed by atoms with Crippen molar-refractivity contribution in [3.63, 3.8) is 0 Å². The molecule has 3 N–H and O–H groups in total. The van der Waals surface area contributed by atoms with Crippen LogP contribution in [0.3, 0.4) is 0 Å². The number of rotatable bonds is 5. The highest BCUT2D eigenvalue weighted by atomic mass is 32.1. The Labute approximate surface area is 256 Å². The van der Waals surface area contributed by atoms with E-state index in [0.717, 1.165) is 34.3 Å². The predicted molar refractivity (Wildman–Crippen MR) is 170 cm³/mol. The molecule has 11 heteroatoms. The van der Waals surface area contributed by atoms with E-state index in [1.165, 1.54) is 18.3 Å². The fraction of sp³-hybridized carbons (Fsp3) is 0.152. The number of benzene rings is 3. The number of aryl methyl sites for hydroxylation is 2. The summed E-state index contributed by atoms with van der Waals surface area (Å²) in [6.07, 6.45) is 1.61. The molecule has 0 fully saturated rings. The standard InChI is InChI=1S/C33H26N6O4S/c1-18-14-26(36-30(31(41)42)29(18)22-11-12-24(35-19(2)40)23(15-22)17-34)21-10-9-20-6-5-13-39(27(20)16-21)33(43)38-32-37-25-7-3-4-8-28(25)44-32/h3-4,7-12,14-16H,5-6,13H2,1-2H3,(H,35,40)(H,41,42)(H,37,38,43).